The molecule has 1 saturated heterocycles. The van der Waals surface area contributed by atoms with E-state index >= 15 is 0 Å². The molecule has 1 amide bonds. The number of benzene rings is 1. The Morgan fingerprint density at radius 1 is 1.12 bits per heavy atom. The van der Waals surface area contributed by atoms with Crippen LogP contribution >= 0.6 is 0 Å². The highest BCUT2D eigenvalue weighted by Gasteiger charge is 2.33. The van der Waals surface area contributed by atoms with Gasteiger partial charge in [-0.1, -0.05) is 5.16 Å². The van der Waals surface area contributed by atoms with Gasteiger partial charge in [0, 0.05) is 37.9 Å². The van der Waals surface area contributed by atoms with Crippen molar-refractivity contribution in [1.82, 2.24) is 14.4 Å². The number of ether oxygens (including phenoxy) is 2. The summed E-state index contributed by atoms with van der Waals surface area (Å²) in [7, 11) is -0.630. The lowest BCUT2D eigenvalue weighted by Gasteiger charge is -2.27. The van der Waals surface area contributed by atoms with Gasteiger partial charge < -0.3 is 19.3 Å². The van der Waals surface area contributed by atoms with Crippen molar-refractivity contribution < 1.29 is 27.2 Å². The topological polar surface area (TPSA) is 114 Å². The Morgan fingerprint density at radius 2 is 1.84 bits per heavy atom. The summed E-state index contributed by atoms with van der Waals surface area (Å²) in [5.74, 6) is 1.20. The van der Waals surface area contributed by atoms with Gasteiger partial charge in [-0.3, -0.25) is 9.69 Å². The van der Waals surface area contributed by atoms with E-state index in [1.165, 1.54) is 11.4 Å². The molecule has 3 rings (SSSR count). The molecule has 176 valence electrons. The van der Waals surface area contributed by atoms with Gasteiger partial charge >= 0.3 is 0 Å². The maximum atomic E-state index is 13.1. The predicted molar refractivity (Wildman–Crippen MR) is 119 cm³/mol. The maximum Gasteiger partial charge on any atom is 0.248 e. The zero-order valence-corrected chi connectivity index (χ0v) is 19.9. The lowest BCUT2D eigenvalue weighted by molar-refractivity contribution is -0.120. The van der Waals surface area contributed by atoms with E-state index in [2.05, 4.69) is 10.5 Å². The van der Waals surface area contributed by atoms with E-state index in [-0.39, 0.29) is 23.1 Å². The Bertz CT molecular complexity index is 1050. The SMILES string of the molecule is COc1ccc(NC(=O)[C@@H](C)N2CCCN(S(=O)(=O)c3c(C)noc3C)CC2)cc1OC. The van der Waals surface area contributed by atoms with Crippen molar-refractivity contribution in [1.29, 1.82) is 0 Å². The quantitative estimate of drug-likeness (QED) is 0.659. The number of carbonyl (C=O) groups excluding carboxylic acids is 1. The minimum Gasteiger partial charge on any atom is -0.493 e. The van der Waals surface area contributed by atoms with E-state index in [4.69, 9.17) is 14.0 Å². The van der Waals surface area contributed by atoms with Crippen LogP contribution in [0.3, 0.4) is 0 Å². The molecular formula is C21H30N4O6S. The maximum absolute atomic E-state index is 13.1. The molecular weight excluding hydrogens is 436 g/mol. The molecule has 1 fully saturated rings. The summed E-state index contributed by atoms with van der Waals surface area (Å²) in [5, 5.41) is 6.66. The number of carbonyl (C=O) groups is 1. The van der Waals surface area contributed by atoms with Crippen molar-refractivity contribution in [3.8, 4) is 11.5 Å². The third kappa shape index (κ3) is 4.89. The molecule has 0 aliphatic carbocycles. The van der Waals surface area contributed by atoms with Gasteiger partial charge in [0.05, 0.1) is 20.3 Å². The van der Waals surface area contributed by atoms with Gasteiger partial charge in [-0.25, -0.2) is 8.42 Å². The monoisotopic (exact) mass is 466 g/mol. The number of sulfonamides is 1. The van der Waals surface area contributed by atoms with Crippen molar-refractivity contribution in [2.45, 2.75) is 38.1 Å². The van der Waals surface area contributed by atoms with Crippen molar-refractivity contribution in [3.05, 3.63) is 29.7 Å². The van der Waals surface area contributed by atoms with E-state index < -0.39 is 16.1 Å². The average Bonchev–Trinajstić information content (AvgIpc) is 2.96. The molecule has 0 radical (unpaired) electrons. The van der Waals surface area contributed by atoms with Gasteiger partial charge in [0.25, 0.3) is 0 Å². The Morgan fingerprint density at radius 3 is 2.47 bits per heavy atom. The van der Waals surface area contributed by atoms with E-state index in [1.54, 1.807) is 39.2 Å². The minimum absolute atomic E-state index is 0.130. The Kier molecular flexibility index (Phi) is 7.42. The Balaban J connectivity index is 1.66. The molecule has 0 unspecified atom stereocenters. The third-order valence-corrected chi connectivity index (χ3v) is 7.78. The number of methoxy groups -OCH3 is 2. The first-order chi connectivity index (χ1) is 15.2. The number of amides is 1. The molecule has 1 aliphatic heterocycles. The number of anilines is 1. The van der Waals surface area contributed by atoms with Gasteiger partial charge in [-0.2, -0.15) is 4.31 Å². The average molecular weight is 467 g/mol. The minimum atomic E-state index is -3.71. The van der Waals surface area contributed by atoms with Crippen LogP contribution in [-0.4, -0.2) is 75.1 Å². The zero-order valence-electron chi connectivity index (χ0n) is 19.0. The van der Waals surface area contributed by atoms with Gasteiger partial charge in [-0.05, 0) is 39.3 Å². The smallest absolute Gasteiger partial charge is 0.248 e. The number of nitrogens with one attached hydrogen (secondary N) is 1. The number of aromatic nitrogens is 1. The van der Waals surface area contributed by atoms with Crippen LogP contribution in [0.2, 0.25) is 0 Å². The largest absolute Gasteiger partial charge is 0.493 e. The molecule has 1 atom stereocenters. The predicted octanol–water partition coefficient (Wildman–Crippen LogP) is 2.03. The third-order valence-electron chi connectivity index (χ3n) is 5.63. The summed E-state index contributed by atoms with van der Waals surface area (Å²) in [6.07, 6.45) is 0.608. The number of hydrogen-bond donors (Lipinski definition) is 1. The molecule has 0 bridgehead atoms. The Hall–Kier alpha value is -2.63. The van der Waals surface area contributed by atoms with E-state index in [1.807, 2.05) is 11.8 Å². The molecule has 10 nitrogen and oxygen atoms in total. The molecule has 1 aromatic carbocycles. The van der Waals surface area contributed by atoms with Crippen molar-refractivity contribution in [3.63, 3.8) is 0 Å². The fraction of sp³-hybridized carbons (Fsp3) is 0.524. The lowest BCUT2D eigenvalue weighted by Crippen LogP contribution is -2.44. The van der Waals surface area contributed by atoms with Crippen LogP contribution in [-0.2, 0) is 14.8 Å². The second-order valence-corrected chi connectivity index (χ2v) is 9.56. The first kappa shape index (κ1) is 24.0. The molecule has 0 saturated carbocycles. The van der Waals surface area contributed by atoms with Gasteiger partial charge in [-0.15, -0.1) is 0 Å². The molecule has 32 heavy (non-hydrogen) atoms. The number of nitrogens with zero attached hydrogens (tertiary/aromatic N) is 3. The summed E-state index contributed by atoms with van der Waals surface area (Å²) < 4.78 is 43.2. The van der Waals surface area contributed by atoms with Gasteiger partial charge in [0.2, 0.25) is 15.9 Å². The first-order valence-electron chi connectivity index (χ1n) is 10.4. The number of aryl methyl sites for hydroxylation is 2. The van der Waals surface area contributed by atoms with Crippen molar-refractivity contribution in [2.24, 2.45) is 0 Å². The van der Waals surface area contributed by atoms with E-state index in [0.29, 0.717) is 48.9 Å². The number of rotatable bonds is 7. The lowest BCUT2D eigenvalue weighted by atomic mass is 10.2. The summed E-state index contributed by atoms with van der Waals surface area (Å²) >= 11 is 0. The highest BCUT2D eigenvalue weighted by atomic mass is 32.2. The summed E-state index contributed by atoms with van der Waals surface area (Å²) in [6.45, 7) is 6.71. The van der Waals surface area contributed by atoms with Crippen LogP contribution in [0.15, 0.2) is 27.6 Å². The van der Waals surface area contributed by atoms with Crippen LogP contribution < -0.4 is 14.8 Å². The van der Waals surface area contributed by atoms with Crippen molar-refractivity contribution >= 4 is 21.6 Å². The second kappa shape index (κ2) is 9.88. The molecule has 2 aromatic rings. The summed E-state index contributed by atoms with van der Waals surface area (Å²) in [5.41, 5.74) is 0.947. The Labute approximate surface area is 188 Å². The molecule has 0 spiro atoms. The molecule has 11 heteroatoms. The zero-order chi connectivity index (χ0) is 23.5. The highest BCUT2D eigenvalue weighted by Crippen LogP contribution is 2.30. The highest BCUT2D eigenvalue weighted by molar-refractivity contribution is 7.89. The normalized spacial score (nSPS) is 16.9. The molecule has 1 N–H and O–H groups in total. The fourth-order valence-corrected chi connectivity index (χ4v) is 5.60. The van der Waals surface area contributed by atoms with Crippen LogP contribution in [0.1, 0.15) is 24.8 Å². The van der Waals surface area contributed by atoms with E-state index in [9.17, 15) is 13.2 Å². The molecule has 1 aliphatic rings. The molecule has 1 aromatic heterocycles. The van der Waals surface area contributed by atoms with E-state index in [0.717, 1.165) is 0 Å². The van der Waals surface area contributed by atoms with Crippen LogP contribution in [0.25, 0.3) is 0 Å². The van der Waals surface area contributed by atoms with Crippen LogP contribution in [0, 0.1) is 13.8 Å². The van der Waals surface area contributed by atoms with Crippen LogP contribution in [0.5, 0.6) is 11.5 Å². The second-order valence-electron chi connectivity index (χ2n) is 7.68. The standard InChI is InChI=1S/C21H30N4O6S/c1-14-20(16(3)31-23-14)32(27,28)25-10-6-9-24(11-12-25)15(2)21(26)22-17-7-8-18(29-4)19(13-17)30-5/h7-8,13,15H,6,9-12H2,1-5H3,(H,22,26)/t15-/m1/s1. The van der Waals surface area contributed by atoms with Crippen LogP contribution in [0.4, 0.5) is 5.69 Å². The first-order valence-corrected chi connectivity index (χ1v) is 11.8. The fourth-order valence-electron chi connectivity index (χ4n) is 3.84. The molecule has 2 heterocycles. The summed E-state index contributed by atoms with van der Waals surface area (Å²) in [4.78, 5) is 15.0. The van der Waals surface area contributed by atoms with Crippen molar-refractivity contribution in [2.75, 3.05) is 45.7 Å². The number of hydrogen-bond acceptors (Lipinski definition) is 8. The van der Waals surface area contributed by atoms with Gasteiger partial charge in [0.15, 0.2) is 17.3 Å². The summed E-state index contributed by atoms with van der Waals surface area (Å²) in [6, 6.07) is 4.73. The van der Waals surface area contributed by atoms with Gasteiger partial charge in [0.1, 0.15) is 10.6 Å².